The van der Waals surface area contributed by atoms with Crippen molar-refractivity contribution in [1.82, 2.24) is 0 Å². The maximum Gasteiger partial charge on any atom is 0.339 e. The first-order valence-corrected chi connectivity index (χ1v) is 9.61. The fraction of sp³-hybridized carbons (Fsp3) is 0.529. The summed E-state index contributed by atoms with van der Waals surface area (Å²) in [4.78, 5) is 34.0. The van der Waals surface area contributed by atoms with Crippen molar-refractivity contribution in [3.8, 4) is 0 Å². The van der Waals surface area contributed by atoms with Gasteiger partial charge in [-0.05, 0) is 44.7 Å². The van der Waals surface area contributed by atoms with E-state index >= 15 is 0 Å². The van der Waals surface area contributed by atoms with E-state index in [4.69, 9.17) is 4.89 Å². The van der Waals surface area contributed by atoms with Crippen molar-refractivity contribution < 1.29 is 27.8 Å². The summed E-state index contributed by atoms with van der Waals surface area (Å²) in [5, 5.41) is 0. The van der Waals surface area contributed by atoms with Gasteiger partial charge >= 0.3 is 5.97 Å². The van der Waals surface area contributed by atoms with E-state index in [1.807, 2.05) is 0 Å². The normalized spacial score (nSPS) is 16.5. The summed E-state index contributed by atoms with van der Waals surface area (Å²) >= 11 is 0. The predicted octanol–water partition coefficient (Wildman–Crippen LogP) is 2.57. The second kappa shape index (κ2) is 6.64. The van der Waals surface area contributed by atoms with Crippen molar-refractivity contribution in [2.24, 2.45) is 11.3 Å². The quantitative estimate of drug-likeness (QED) is 0.425. The number of benzene rings is 1. The highest BCUT2D eigenvalue weighted by atomic mass is 32.2. The Hall–Kier alpha value is -1.73. The number of Topliss-reactive ketones (excluding diaryl/α,β-unsaturated/α-hetero) is 1. The molecule has 24 heavy (non-hydrogen) atoms. The summed E-state index contributed by atoms with van der Waals surface area (Å²) in [5.74, 6) is -0.591. The standard InChI is InChI=1S/C17H22O6S/c1-11(18)22-23-16(13-5-6-13)17(2,3)15(19)12-7-9-14(10-8-12)24(4,20)21/h7-10,13,16H,5-6H2,1-4H3. The molecule has 1 aromatic carbocycles. The minimum atomic E-state index is -3.31. The van der Waals surface area contributed by atoms with Crippen molar-refractivity contribution in [2.45, 2.75) is 44.6 Å². The Kier molecular flexibility index (Phi) is 5.15. The van der Waals surface area contributed by atoms with Crippen LogP contribution in [0.1, 0.15) is 44.0 Å². The molecule has 0 N–H and O–H groups in total. The lowest BCUT2D eigenvalue weighted by Crippen LogP contribution is -2.41. The molecule has 7 heteroatoms. The number of ketones is 1. The van der Waals surface area contributed by atoms with Gasteiger partial charge in [-0.1, -0.05) is 12.1 Å². The van der Waals surface area contributed by atoms with E-state index in [1.54, 1.807) is 13.8 Å². The smallest absolute Gasteiger partial charge is 0.298 e. The molecule has 0 heterocycles. The molecule has 2 rings (SSSR count). The van der Waals surface area contributed by atoms with Crippen LogP contribution in [0, 0.1) is 11.3 Å². The van der Waals surface area contributed by atoms with Gasteiger partial charge in [0.25, 0.3) is 0 Å². The first-order chi connectivity index (χ1) is 11.0. The van der Waals surface area contributed by atoms with Crippen LogP contribution >= 0.6 is 0 Å². The second-order valence-electron chi connectivity index (χ2n) is 6.78. The molecule has 1 aliphatic carbocycles. The monoisotopic (exact) mass is 354 g/mol. The number of sulfone groups is 1. The molecule has 0 aromatic heterocycles. The third-order valence-corrected chi connectivity index (χ3v) is 5.29. The van der Waals surface area contributed by atoms with Gasteiger partial charge in [0.05, 0.1) is 10.3 Å². The van der Waals surface area contributed by atoms with Gasteiger partial charge in [0, 0.05) is 18.7 Å². The average molecular weight is 354 g/mol. The molecule has 6 nitrogen and oxygen atoms in total. The van der Waals surface area contributed by atoms with E-state index in [-0.39, 0.29) is 16.6 Å². The topological polar surface area (TPSA) is 86.7 Å². The molecule has 0 bridgehead atoms. The molecule has 0 amide bonds. The van der Waals surface area contributed by atoms with E-state index in [1.165, 1.54) is 31.2 Å². The fourth-order valence-corrected chi connectivity index (χ4v) is 3.29. The Morgan fingerprint density at radius 3 is 2.12 bits per heavy atom. The molecule has 1 fully saturated rings. The zero-order valence-electron chi connectivity index (χ0n) is 14.2. The molecule has 1 atom stereocenters. The summed E-state index contributed by atoms with van der Waals surface area (Å²) < 4.78 is 23.0. The van der Waals surface area contributed by atoms with Gasteiger partial charge in [-0.25, -0.2) is 13.2 Å². The highest BCUT2D eigenvalue weighted by Crippen LogP contribution is 2.44. The number of hydrogen-bond acceptors (Lipinski definition) is 6. The van der Waals surface area contributed by atoms with E-state index in [9.17, 15) is 18.0 Å². The van der Waals surface area contributed by atoms with Crippen LogP contribution in [0.4, 0.5) is 0 Å². The minimum absolute atomic E-state index is 0.159. The molecule has 0 aliphatic heterocycles. The summed E-state index contributed by atoms with van der Waals surface area (Å²) in [6, 6.07) is 5.82. The Labute approximate surface area is 142 Å². The highest BCUT2D eigenvalue weighted by Gasteiger charge is 2.48. The van der Waals surface area contributed by atoms with Gasteiger partial charge < -0.3 is 0 Å². The Balaban J connectivity index is 2.23. The molecular formula is C17H22O6S. The van der Waals surface area contributed by atoms with Crippen LogP contribution in [0.5, 0.6) is 0 Å². The lowest BCUT2D eigenvalue weighted by atomic mass is 9.77. The minimum Gasteiger partial charge on any atom is -0.298 e. The van der Waals surface area contributed by atoms with Crippen LogP contribution in [0.2, 0.25) is 0 Å². The molecule has 132 valence electrons. The number of carbonyl (C=O) groups excluding carboxylic acids is 2. The largest absolute Gasteiger partial charge is 0.339 e. The highest BCUT2D eigenvalue weighted by molar-refractivity contribution is 7.90. The van der Waals surface area contributed by atoms with Crippen LogP contribution in [-0.2, 0) is 24.4 Å². The molecule has 1 unspecified atom stereocenters. The molecule has 1 aromatic rings. The lowest BCUT2D eigenvalue weighted by Gasteiger charge is -2.31. The van der Waals surface area contributed by atoms with Crippen molar-refractivity contribution in [1.29, 1.82) is 0 Å². The van der Waals surface area contributed by atoms with E-state index < -0.39 is 27.3 Å². The number of hydrogen-bond donors (Lipinski definition) is 0. The second-order valence-corrected chi connectivity index (χ2v) is 8.79. The van der Waals surface area contributed by atoms with Crippen molar-refractivity contribution in [3.63, 3.8) is 0 Å². The van der Waals surface area contributed by atoms with Crippen molar-refractivity contribution >= 4 is 21.6 Å². The van der Waals surface area contributed by atoms with Gasteiger partial charge in [0.2, 0.25) is 0 Å². The zero-order chi connectivity index (χ0) is 18.1. The Morgan fingerprint density at radius 1 is 1.17 bits per heavy atom. The van der Waals surface area contributed by atoms with Gasteiger partial charge in [-0.15, -0.1) is 0 Å². The van der Waals surface area contributed by atoms with Crippen LogP contribution in [0.3, 0.4) is 0 Å². The zero-order valence-corrected chi connectivity index (χ0v) is 15.1. The molecular weight excluding hydrogens is 332 g/mol. The van der Waals surface area contributed by atoms with E-state index in [0.717, 1.165) is 19.1 Å². The average Bonchev–Trinajstić information content (AvgIpc) is 3.30. The van der Waals surface area contributed by atoms with Crippen LogP contribution in [0.15, 0.2) is 29.2 Å². The summed E-state index contributed by atoms with van der Waals surface area (Å²) in [6.45, 7) is 4.72. The van der Waals surface area contributed by atoms with Crippen LogP contribution < -0.4 is 0 Å². The molecule has 0 saturated heterocycles. The maximum atomic E-state index is 12.9. The van der Waals surface area contributed by atoms with Crippen molar-refractivity contribution in [3.05, 3.63) is 29.8 Å². The Morgan fingerprint density at radius 2 is 1.71 bits per heavy atom. The van der Waals surface area contributed by atoms with Gasteiger partial charge in [0.1, 0.15) is 6.10 Å². The third kappa shape index (κ3) is 4.21. The number of rotatable bonds is 7. The lowest BCUT2D eigenvalue weighted by molar-refractivity contribution is -0.313. The van der Waals surface area contributed by atoms with Gasteiger partial charge in [-0.2, -0.15) is 4.89 Å². The third-order valence-electron chi connectivity index (χ3n) is 4.16. The molecule has 0 spiro atoms. The summed E-state index contributed by atoms with van der Waals surface area (Å²) in [5.41, 5.74) is -0.520. The van der Waals surface area contributed by atoms with Gasteiger partial charge in [0.15, 0.2) is 15.6 Å². The SMILES string of the molecule is CC(=O)OOC(C1CC1)C(C)(C)C(=O)c1ccc(S(C)(=O)=O)cc1. The first-order valence-electron chi connectivity index (χ1n) is 7.72. The molecule has 1 aliphatic rings. The van der Waals surface area contributed by atoms with Crippen LogP contribution in [0.25, 0.3) is 0 Å². The predicted molar refractivity (Wildman–Crippen MR) is 87.0 cm³/mol. The van der Waals surface area contributed by atoms with Crippen LogP contribution in [-0.4, -0.2) is 32.5 Å². The number of carbonyl (C=O) groups is 2. The molecule has 1 saturated carbocycles. The summed E-state index contributed by atoms with van der Waals surface area (Å²) in [6.07, 6.45) is 2.40. The Bertz CT molecular complexity index is 729. The van der Waals surface area contributed by atoms with Gasteiger partial charge in [-0.3, -0.25) is 9.68 Å². The maximum absolute atomic E-state index is 12.9. The molecule has 0 radical (unpaired) electrons. The summed E-state index contributed by atoms with van der Waals surface area (Å²) in [7, 11) is -3.31. The fourth-order valence-electron chi connectivity index (χ4n) is 2.66. The van der Waals surface area contributed by atoms with Crippen molar-refractivity contribution in [2.75, 3.05) is 6.26 Å². The first kappa shape index (κ1) is 18.6. The van der Waals surface area contributed by atoms with E-state index in [0.29, 0.717) is 5.56 Å². The van der Waals surface area contributed by atoms with E-state index in [2.05, 4.69) is 4.89 Å².